The minimum atomic E-state index is -3.79. The number of hydrogen-bond donors (Lipinski definition) is 1. The highest BCUT2D eigenvalue weighted by molar-refractivity contribution is 7.89. The van der Waals surface area contributed by atoms with Crippen LogP contribution in [0.1, 0.15) is 29.1 Å². The van der Waals surface area contributed by atoms with Crippen LogP contribution in [0.25, 0.3) is 0 Å². The highest BCUT2D eigenvalue weighted by atomic mass is 32.2. The van der Waals surface area contributed by atoms with Crippen LogP contribution in [0, 0.1) is 5.82 Å². The van der Waals surface area contributed by atoms with Gasteiger partial charge >= 0.3 is 5.97 Å². The number of esters is 1. The average Bonchev–Trinajstić information content (AvgIpc) is 3.17. The van der Waals surface area contributed by atoms with Crippen LogP contribution in [0.15, 0.2) is 35.2 Å². The van der Waals surface area contributed by atoms with Gasteiger partial charge in [0.05, 0.1) is 23.6 Å². The number of rotatable bonds is 8. The van der Waals surface area contributed by atoms with Gasteiger partial charge in [-0.25, -0.2) is 17.6 Å². The molecule has 174 valence electrons. The third-order valence-electron chi connectivity index (χ3n) is 5.01. The zero-order chi connectivity index (χ0) is 23.3. The maximum Gasteiger partial charge on any atom is 0.341 e. The number of nitrogens with one attached hydrogen (secondary N) is 1. The first-order valence-corrected chi connectivity index (χ1v) is 12.6. The summed E-state index contributed by atoms with van der Waals surface area (Å²) in [4.78, 5) is 27.5. The molecule has 0 aliphatic carbocycles. The lowest BCUT2D eigenvalue weighted by Crippen LogP contribution is -2.50. The van der Waals surface area contributed by atoms with Gasteiger partial charge in [-0.05, 0) is 37.6 Å². The van der Waals surface area contributed by atoms with E-state index in [2.05, 4.69) is 5.32 Å². The topological polar surface area (TPSA) is 96.0 Å². The summed E-state index contributed by atoms with van der Waals surface area (Å²) in [7, 11) is -3.79. The van der Waals surface area contributed by atoms with Crippen molar-refractivity contribution in [2.75, 3.05) is 44.6 Å². The molecule has 0 bridgehead atoms. The van der Waals surface area contributed by atoms with E-state index in [0.717, 1.165) is 17.4 Å². The Balaban J connectivity index is 1.58. The van der Waals surface area contributed by atoms with Crippen LogP contribution >= 0.6 is 11.3 Å². The van der Waals surface area contributed by atoms with Crippen molar-refractivity contribution in [3.05, 3.63) is 46.6 Å². The molecule has 1 saturated heterocycles. The Hall–Kier alpha value is -2.34. The van der Waals surface area contributed by atoms with E-state index in [1.165, 1.54) is 33.8 Å². The Bertz CT molecular complexity index is 1080. The normalized spacial score (nSPS) is 15.5. The lowest BCUT2D eigenvalue weighted by molar-refractivity contribution is -0.117. The second-order valence-electron chi connectivity index (χ2n) is 7.22. The molecule has 2 aromatic rings. The van der Waals surface area contributed by atoms with Crippen molar-refractivity contribution in [1.29, 1.82) is 0 Å². The van der Waals surface area contributed by atoms with Crippen molar-refractivity contribution in [2.45, 2.75) is 25.2 Å². The van der Waals surface area contributed by atoms with Crippen LogP contribution in [0.2, 0.25) is 0 Å². The predicted octanol–water partition coefficient (Wildman–Crippen LogP) is 2.57. The first-order valence-electron chi connectivity index (χ1n) is 10.3. The SMILES string of the molecule is CCOC(=O)c1cc(CC)sc1NC(=O)CN1CCN(S(=O)(=O)c2cccc(F)c2)CC1. The molecule has 2 heterocycles. The zero-order valence-electron chi connectivity index (χ0n) is 18.0. The monoisotopic (exact) mass is 483 g/mol. The fourth-order valence-corrected chi connectivity index (χ4v) is 5.80. The average molecular weight is 484 g/mol. The van der Waals surface area contributed by atoms with Crippen LogP contribution in [-0.2, 0) is 26.0 Å². The molecule has 0 atom stereocenters. The van der Waals surface area contributed by atoms with Crippen molar-refractivity contribution in [2.24, 2.45) is 0 Å². The molecule has 11 heteroatoms. The van der Waals surface area contributed by atoms with Gasteiger partial charge < -0.3 is 10.1 Å². The number of benzene rings is 1. The second-order valence-corrected chi connectivity index (χ2v) is 10.3. The largest absolute Gasteiger partial charge is 0.462 e. The van der Waals surface area contributed by atoms with E-state index in [1.54, 1.807) is 13.0 Å². The van der Waals surface area contributed by atoms with Crippen LogP contribution < -0.4 is 5.32 Å². The van der Waals surface area contributed by atoms with Gasteiger partial charge in [0, 0.05) is 31.1 Å². The summed E-state index contributed by atoms with van der Waals surface area (Å²) in [5.74, 6) is -1.38. The third-order valence-corrected chi connectivity index (χ3v) is 8.10. The Morgan fingerprint density at radius 3 is 2.50 bits per heavy atom. The summed E-state index contributed by atoms with van der Waals surface area (Å²) >= 11 is 1.34. The van der Waals surface area contributed by atoms with Gasteiger partial charge in [0.15, 0.2) is 0 Å². The molecule has 3 rings (SSSR count). The number of amides is 1. The Morgan fingerprint density at radius 1 is 1.16 bits per heavy atom. The Kier molecular flexibility index (Phi) is 7.99. The quantitative estimate of drug-likeness (QED) is 0.580. The minimum absolute atomic E-state index is 0.0650. The molecule has 1 aromatic carbocycles. The van der Waals surface area contributed by atoms with Gasteiger partial charge in [0.2, 0.25) is 15.9 Å². The molecule has 0 radical (unpaired) electrons. The molecule has 1 aromatic heterocycles. The summed E-state index contributed by atoms with van der Waals surface area (Å²) in [6.07, 6.45) is 0.731. The van der Waals surface area contributed by atoms with Crippen molar-refractivity contribution in [3.8, 4) is 0 Å². The summed E-state index contributed by atoms with van der Waals surface area (Å²) in [5.41, 5.74) is 0.341. The number of ether oxygens (including phenoxy) is 1. The number of nitrogens with zero attached hydrogens (tertiary/aromatic N) is 2. The molecular formula is C21H26FN3O5S2. The van der Waals surface area contributed by atoms with Crippen molar-refractivity contribution < 1.29 is 27.1 Å². The first kappa shape index (κ1) is 24.3. The standard InChI is InChI=1S/C21H26FN3O5S2/c1-3-16-13-18(21(27)30-4-2)20(31-16)23-19(26)14-24-8-10-25(11-9-24)32(28,29)17-7-5-6-15(22)12-17/h5-7,12-13H,3-4,8-11,14H2,1-2H3,(H,23,26). The Labute approximate surface area is 191 Å². The van der Waals surface area contributed by atoms with E-state index < -0.39 is 21.8 Å². The fourth-order valence-electron chi connectivity index (χ4n) is 3.34. The maximum atomic E-state index is 13.4. The van der Waals surface area contributed by atoms with Gasteiger partial charge in [-0.2, -0.15) is 4.31 Å². The summed E-state index contributed by atoms with van der Waals surface area (Å²) < 4.78 is 45.2. The maximum absolute atomic E-state index is 13.4. The summed E-state index contributed by atoms with van der Waals surface area (Å²) in [6.45, 7) is 5.09. The van der Waals surface area contributed by atoms with E-state index in [-0.39, 0.29) is 37.0 Å². The van der Waals surface area contributed by atoms with Gasteiger partial charge in [-0.15, -0.1) is 11.3 Å². The predicted molar refractivity (Wildman–Crippen MR) is 120 cm³/mol. The van der Waals surface area contributed by atoms with Crippen molar-refractivity contribution in [1.82, 2.24) is 9.21 Å². The van der Waals surface area contributed by atoms with Gasteiger partial charge in [-0.1, -0.05) is 13.0 Å². The molecule has 8 nitrogen and oxygen atoms in total. The molecule has 1 aliphatic heterocycles. The van der Waals surface area contributed by atoms with Gasteiger partial charge in [0.25, 0.3) is 0 Å². The highest BCUT2D eigenvalue weighted by Crippen LogP contribution is 2.29. The second kappa shape index (κ2) is 10.5. The first-order chi connectivity index (χ1) is 15.2. The lowest BCUT2D eigenvalue weighted by Gasteiger charge is -2.33. The number of thiophene rings is 1. The number of sulfonamides is 1. The van der Waals surface area contributed by atoms with E-state index in [1.807, 2.05) is 11.8 Å². The van der Waals surface area contributed by atoms with Crippen molar-refractivity contribution in [3.63, 3.8) is 0 Å². The lowest BCUT2D eigenvalue weighted by atomic mass is 10.2. The van der Waals surface area contributed by atoms with Gasteiger partial charge in [0.1, 0.15) is 10.8 Å². The molecule has 1 N–H and O–H groups in total. The zero-order valence-corrected chi connectivity index (χ0v) is 19.6. The van der Waals surface area contributed by atoms with Crippen LogP contribution in [0.5, 0.6) is 0 Å². The van der Waals surface area contributed by atoms with Crippen molar-refractivity contribution >= 4 is 38.2 Å². The number of carbonyl (C=O) groups is 2. The minimum Gasteiger partial charge on any atom is -0.462 e. The van der Waals surface area contributed by atoms with E-state index >= 15 is 0 Å². The summed E-state index contributed by atoms with van der Waals surface area (Å²) in [5, 5.41) is 3.25. The molecule has 1 fully saturated rings. The van der Waals surface area contributed by atoms with Gasteiger partial charge in [-0.3, -0.25) is 9.69 Å². The fraction of sp³-hybridized carbons (Fsp3) is 0.429. The highest BCUT2D eigenvalue weighted by Gasteiger charge is 2.29. The number of carbonyl (C=O) groups excluding carboxylic acids is 2. The molecule has 1 aliphatic rings. The van der Waals surface area contributed by atoms with Crippen LogP contribution in [-0.4, -0.2) is 68.8 Å². The van der Waals surface area contributed by atoms with Crippen LogP contribution in [0.4, 0.5) is 9.39 Å². The number of anilines is 1. The van der Waals surface area contributed by atoms with E-state index in [0.29, 0.717) is 23.7 Å². The molecular weight excluding hydrogens is 457 g/mol. The molecule has 0 unspecified atom stereocenters. The number of hydrogen-bond acceptors (Lipinski definition) is 7. The molecule has 0 saturated carbocycles. The Morgan fingerprint density at radius 2 is 1.88 bits per heavy atom. The molecule has 1 amide bonds. The summed E-state index contributed by atoms with van der Waals surface area (Å²) in [6, 6.07) is 6.66. The third kappa shape index (κ3) is 5.71. The van der Waals surface area contributed by atoms with Crippen LogP contribution in [0.3, 0.4) is 0 Å². The smallest absolute Gasteiger partial charge is 0.341 e. The molecule has 32 heavy (non-hydrogen) atoms. The van der Waals surface area contributed by atoms with E-state index in [9.17, 15) is 22.4 Å². The van der Waals surface area contributed by atoms with E-state index in [4.69, 9.17) is 4.74 Å². The number of piperazine rings is 1. The number of aryl methyl sites for hydroxylation is 1. The number of halogens is 1. The molecule has 0 spiro atoms.